The number of anilines is 1. The van der Waals surface area contributed by atoms with Crippen LogP contribution in [0.4, 0.5) is 5.69 Å². The zero-order chi connectivity index (χ0) is 19.5. The summed E-state index contributed by atoms with van der Waals surface area (Å²) in [5.74, 6) is 2.26. The first-order valence-electron chi connectivity index (χ1n) is 10.0. The number of methoxy groups -OCH3 is 2. The molecule has 1 aromatic carbocycles. The Morgan fingerprint density at radius 1 is 1.14 bits per heavy atom. The highest BCUT2D eigenvalue weighted by Gasteiger charge is 2.33. The predicted octanol–water partition coefficient (Wildman–Crippen LogP) is 4.69. The number of aliphatic imine (C=N–C) groups is 1. The molecule has 0 atom stereocenters. The lowest BCUT2D eigenvalue weighted by atomic mass is 9.83. The maximum atomic E-state index is 5.67. The molecule has 1 fully saturated rings. The van der Waals surface area contributed by atoms with Gasteiger partial charge in [0, 0.05) is 38.6 Å². The van der Waals surface area contributed by atoms with Gasteiger partial charge in [-0.25, -0.2) is 0 Å². The van der Waals surface area contributed by atoms with Crippen molar-refractivity contribution in [1.82, 2.24) is 5.32 Å². The van der Waals surface area contributed by atoms with E-state index >= 15 is 0 Å². The zero-order valence-corrected chi connectivity index (χ0v) is 20.0. The monoisotopic (exact) mass is 505 g/mol. The minimum atomic E-state index is 0. The molecule has 1 aromatic rings. The topological polar surface area (TPSA) is 64.1 Å². The largest absolute Gasteiger partial charge is 0.493 e. The van der Waals surface area contributed by atoms with Gasteiger partial charge in [0.2, 0.25) is 0 Å². The Morgan fingerprint density at radius 2 is 1.89 bits per heavy atom. The Morgan fingerprint density at radius 3 is 2.50 bits per heavy atom. The quantitative estimate of drug-likeness (QED) is 0.275. The maximum Gasteiger partial charge on any atom is 0.195 e. The molecule has 1 aliphatic rings. The van der Waals surface area contributed by atoms with Gasteiger partial charge in [-0.2, -0.15) is 0 Å². The maximum absolute atomic E-state index is 5.67. The summed E-state index contributed by atoms with van der Waals surface area (Å²) in [6.07, 6.45) is 6.12. The molecule has 2 N–H and O–H groups in total. The van der Waals surface area contributed by atoms with Crippen LogP contribution in [0.3, 0.4) is 0 Å². The molecule has 0 bridgehead atoms. The zero-order valence-electron chi connectivity index (χ0n) is 17.7. The average molecular weight is 505 g/mol. The number of halogens is 1. The van der Waals surface area contributed by atoms with Gasteiger partial charge < -0.3 is 24.8 Å². The van der Waals surface area contributed by atoms with E-state index in [-0.39, 0.29) is 29.4 Å². The fourth-order valence-electron chi connectivity index (χ4n) is 3.64. The molecule has 6 nitrogen and oxygen atoms in total. The van der Waals surface area contributed by atoms with Gasteiger partial charge >= 0.3 is 0 Å². The molecule has 0 saturated heterocycles. The number of benzene rings is 1. The Labute approximate surface area is 186 Å². The highest BCUT2D eigenvalue weighted by molar-refractivity contribution is 14.0. The van der Waals surface area contributed by atoms with Crippen molar-refractivity contribution in [3.05, 3.63) is 18.2 Å². The van der Waals surface area contributed by atoms with Crippen molar-refractivity contribution in [1.29, 1.82) is 0 Å². The second kappa shape index (κ2) is 13.1. The Hall–Kier alpha value is -1.22. The lowest BCUT2D eigenvalue weighted by Gasteiger charge is -2.27. The fraction of sp³-hybridized carbons (Fsp3) is 0.667. The van der Waals surface area contributed by atoms with Gasteiger partial charge in [0.15, 0.2) is 17.5 Å². The molecule has 0 aromatic heterocycles. The second-order valence-corrected chi connectivity index (χ2v) is 7.07. The van der Waals surface area contributed by atoms with Crippen molar-refractivity contribution >= 4 is 35.6 Å². The molecule has 0 unspecified atom stereocenters. The van der Waals surface area contributed by atoms with E-state index in [9.17, 15) is 0 Å². The first kappa shape index (κ1) is 24.8. The van der Waals surface area contributed by atoms with E-state index in [4.69, 9.17) is 19.2 Å². The number of hydrogen-bond acceptors (Lipinski definition) is 4. The van der Waals surface area contributed by atoms with E-state index in [0.717, 1.165) is 49.3 Å². The van der Waals surface area contributed by atoms with E-state index < -0.39 is 0 Å². The summed E-state index contributed by atoms with van der Waals surface area (Å²) < 4.78 is 16.4. The first-order valence-corrected chi connectivity index (χ1v) is 10.0. The van der Waals surface area contributed by atoms with Crippen LogP contribution in [0.2, 0.25) is 0 Å². The third kappa shape index (κ3) is 7.31. The highest BCUT2D eigenvalue weighted by atomic mass is 127. The van der Waals surface area contributed by atoms with Crippen molar-refractivity contribution in [2.24, 2.45) is 10.4 Å². The van der Waals surface area contributed by atoms with Crippen molar-refractivity contribution < 1.29 is 14.2 Å². The smallest absolute Gasteiger partial charge is 0.195 e. The number of rotatable bonds is 10. The van der Waals surface area contributed by atoms with Crippen molar-refractivity contribution in [3.8, 4) is 11.5 Å². The molecular weight excluding hydrogens is 469 g/mol. The van der Waals surface area contributed by atoms with Gasteiger partial charge in [0.1, 0.15) is 0 Å². The lowest BCUT2D eigenvalue weighted by molar-refractivity contribution is 0.141. The van der Waals surface area contributed by atoms with Crippen molar-refractivity contribution in [3.63, 3.8) is 0 Å². The van der Waals surface area contributed by atoms with Crippen molar-refractivity contribution in [2.75, 3.05) is 45.8 Å². The van der Waals surface area contributed by atoms with E-state index in [0.29, 0.717) is 6.61 Å². The van der Waals surface area contributed by atoms with Crippen LogP contribution in [-0.2, 0) is 4.74 Å². The van der Waals surface area contributed by atoms with Crippen LogP contribution >= 0.6 is 24.0 Å². The Balaban J connectivity index is 0.00000392. The van der Waals surface area contributed by atoms with Crippen molar-refractivity contribution in [2.45, 2.75) is 46.0 Å². The summed E-state index contributed by atoms with van der Waals surface area (Å²) in [7, 11) is 3.43. The van der Waals surface area contributed by atoms with Crippen LogP contribution in [0.25, 0.3) is 0 Å². The van der Waals surface area contributed by atoms with Gasteiger partial charge in [-0.15, -0.1) is 24.0 Å². The normalized spacial score (nSPS) is 15.6. The average Bonchev–Trinajstić information content (AvgIpc) is 3.14. The minimum Gasteiger partial charge on any atom is -0.493 e. The third-order valence-corrected chi connectivity index (χ3v) is 5.14. The minimum absolute atomic E-state index is 0. The molecule has 28 heavy (non-hydrogen) atoms. The van der Waals surface area contributed by atoms with Gasteiger partial charge in [0.25, 0.3) is 0 Å². The molecule has 0 spiro atoms. The van der Waals surface area contributed by atoms with Crippen LogP contribution in [0, 0.1) is 5.41 Å². The molecule has 1 saturated carbocycles. The number of hydrogen-bond donors (Lipinski definition) is 2. The molecule has 0 aliphatic heterocycles. The molecular formula is C21H36IN3O3. The number of nitrogens with zero attached hydrogens (tertiary/aromatic N) is 1. The number of guanidine groups is 1. The summed E-state index contributed by atoms with van der Waals surface area (Å²) in [6.45, 7) is 7.07. The standard InChI is InChI=1S/C21H35N3O3.HI/c1-5-22-20(23-16-21(13-14-25-3)11-7-8-12-21)24-17-9-10-18(26-4)19(15-17)27-6-2;/h9-10,15H,5-8,11-14,16H2,1-4H3,(H2,22,23,24);1H. The van der Waals surface area contributed by atoms with E-state index in [2.05, 4.69) is 17.6 Å². The Bertz CT molecular complexity index is 605. The van der Waals surface area contributed by atoms with Gasteiger partial charge in [0.05, 0.1) is 13.7 Å². The summed E-state index contributed by atoms with van der Waals surface area (Å²) >= 11 is 0. The summed E-state index contributed by atoms with van der Waals surface area (Å²) in [6, 6.07) is 5.84. The first-order chi connectivity index (χ1) is 13.2. The van der Waals surface area contributed by atoms with Gasteiger partial charge in [-0.1, -0.05) is 12.8 Å². The van der Waals surface area contributed by atoms with Crippen LogP contribution in [-0.4, -0.2) is 46.5 Å². The molecule has 7 heteroatoms. The fourth-order valence-corrected chi connectivity index (χ4v) is 3.64. The van der Waals surface area contributed by atoms with Gasteiger partial charge in [-0.3, -0.25) is 4.99 Å². The number of ether oxygens (including phenoxy) is 3. The summed E-state index contributed by atoms with van der Waals surface area (Å²) in [4.78, 5) is 4.90. The molecule has 1 aliphatic carbocycles. The van der Waals surface area contributed by atoms with E-state index in [1.165, 1.54) is 25.7 Å². The molecule has 2 rings (SSSR count). The van der Waals surface area contributed by atoms with Crippen LogP contribution in [0.15, 0.2) is 23.2 Å². The molecule has 0 amide bonds. The number of nitrogens with one attached hydrogen (secondary N) is 2. The molecule has 160 valence electrons. The van der Waals surface area contributed by atoms with Crippen LogP contribution < -0.4 is 20.1 Å². The summed E-state index contributed by atoms with van der Waals surface area (Å²) in [5.41, 5.74) is 1.20. The second-order valence-electron chi connectivity index (χ2n) is 7.07. The summed E-state index contributed by atoms with van der Waals surface area (Å²) in [5, 5.41) is 6.74. The van der Waals surface area contributed by atoms with E-state index in [1.807, 2.05) is 25.1 Å². The third-order valence-electron chi connectivity index (χ3n) is 5.14. The molecule has 0 radical (unpaired) electrons. The SMILES string of the molecule is CCNC(=NCC1(CCOC)CCCC1)Nc1ccc(OC)c(OCC)c1.I. The molecule has 0 heterocycles. The van der Waals surface area contributed by atoms with E-state index in [1.54, 1.807) is 14.2 Å². The predicted molar refractivity (Wildman–Crippen MR) is 127 cm³/mol. The lowest BCUT2D eigenvalue weighted by Crippen LogP contribution is -2.33. The van der Waals surface area contributed by atoms with Gasteiger partial charge in [-0.05, 0) is 50.7 Å². The van der Waals surface area contributed by atoms with Crippen LogP contribution in [0.5, 0.6) is 11.5 Å². The highest BCUT2D eigenvalue weighted by Crippen LogP contribution is 2.41. The van der Waals surface area contributed by atoms with Crippen LogP contribution in [0.1, 0.15) is 46.0 Å². The Kier molecular flexibility index (Phi) is 11.6.